The minimum Gasteiger partial charge on any atom is -0.321 e. The van der Waals surface area contributed by atoms with Crippen LogP contribution in [-0.4, -0.2) is 21.2 Å². The molecule has 0 fully saturated rings. The Balaban J connectivity index is 1.22. The van der Waals surface area contributed by atoms with Crippen molar-refractivity contribution in [2.24, 2.45) is 0 Å². The van der Waals surface area contributed by atoms with Gasteiger partial charge >= 0.3 is 0 Å². The first-order valence-electron chi connectivity index (χ1n) is 19.9. The fourth-order valence-electron chi connectivity index (χ4n) is 8.51. The van der Waals surface area contributed by atoms with Gasteiger partial charge in [-0.05, 0) is 105 Å². The van der Waals surface area contributed by atoms with Gasteiger partial charge in [-0.15, -0.1) is 0 Å². The highest BCUT2D eigenvalue weighted by molar-refractivity contribution is 6.12. The quantitative estimate of drug-likeness (QED) is 0.152. The molecule has 3 aromatic heterocycles. The third-order valence-electron chi connectivity index (χ3n) is 11.3. The van der Waals surface area contributed by atoms with Crippen molar-refractivity contribution in [3.05, 3.63) is 222 Å². The molecule has 1 aliphatic heterocycles. The molecule has 0 spiro atoms. The van der Waals surface area contributed by atoms with Gasteiger partial charge in [-0.3, -0.25) is 9.55 Å². The highest BCUT2D eigenvalue weighted by Crippen LogP contribution is 2.46. The molecule has 0 bridgehead atoms. The van der Waals surface area contributed by atoms with E-state index in [1.165, 1.54) is 33.3 Å². The molecule has 0 saturated carbocycles. The van der Waals surface area contributed by atoms with Crippen molar-refractivity contribution in [2.75, 3.05) is 16.5 Å². The Hall–Kier alpha value is -7.24. The first-order valence-corrected chi connectivity index (χ1v) is 19.9. The van der Waals surface area contributed by atoms with Crippen LogP contribution in [0.3, 0.4) is 0 Å². The molecule has 0 saturated heterocycles. The van der Waals surface area contributed by atoms with Gasteiger partial charge in [-0.2, -0.15) is 0 Å². The van der Waals surface area contributed by atoms with Crippen LogP contribution in [0.5, 0.6) is 0 Å². The summed E-state index contributed by atoms with van der Waals surface area (Å²) in [6, 6.07) is 63.6. The van der Waals surface area contributed by atoms with Crippen LogP contribution < -0.4 is 9.80 Å². The summed E-state index contributed by atoms with van der Waals surface area (Å²) in [5.41, 5.74) is 15.0. The van der Waals surface area contributed by atoms with Crippen molar-refractivity contribution in [1.82, 2.24) is 14.5 Å². The lowest BCUT2D eigenvalue weighted by Crippen LogP contribution is -2.24. The number of hydrogen-bond acceptors (Lipinski definition) is 4. The Morgan fingerprint density at radius 2 is 1.05 bits per heavy atom. The average Bonchev–Trinajstić information content (AvgIpc) is 3.82. The fourth-order valence-corrected chi connectivity index (χ4v) is 8.51. The van der Waals surface area contributed by atoms with Gasteiger partial charge in [0.1, 0.15) is 12.5 Å². The van der Waals surface area contributed by atoms with Crippen LogP contribution in [0.2, 0.25) is 0 Å². The smallest absolute Gasteiger partial charge is 0.137 e. The Bertz CT molecular complexity index is 2920. The maximum atomic E-state index is 5.00. The summed E-state index contributed by atoms with van der Waals surface area (Å²) in [6.07, 6.45) is 5.67. The molecule has 9 aromatic rings. The zero-order chi connectivity index (χ0) is 39.2. The van der Waals surface area contributed by atoms with Crippen LogP contribution in [0.1, 0.15) is 48.6 Å². The molecular formula is C53H43N5. The summed E-state index contributed by atoms with van der Waals surface area (Å²) in [6.45, 7) is 7.46. The molecule has 5 heteroatoms. The van der Waals surface area contributed by atoms with Crippen LogP contribution >= 0.6 is 0 Å². The highest BCUT2D eigenvalue weighted by Gasteiger charge is 2.28. The summed E-state index contributed by atoms with van der Waals surface area (Å²) in [5, 5.41) is 2.40. The second kappa shape index (κ2) is 14.4. The van der Waals surface area contributed by atoms with E-state index < -0.39 is 0 Å². The minimum absolute atomic E-state index is 0.0198. The lowest BCUT2D eigenvalue weighted by atomic mass is 9.85. The molecule has 0 aliphatic carbocycles. The Kier molecular flexibility index (Phi) is 8.71. The second-order valence-electron chi connectivity index (χ2n) is 16.0. The average molecular weight is 750 g/mol. The van der Waals surface area contributed by atoms with Gasteiger partial charge in [-0.25, -0.2) is 4.98 Å². The molecule has 6 aromatic carbocycles. The number of benzene rings is 6. The number of fused-ring (bicyclic) bond motifs is 4. The summed E-state index contributed by atoms with van der Waals surface area (Å²) in [4.78, 5) is 14.1. The van der Waals surface area contributed by atoms with Gasteiger partial charge in [-0.1, -0.05) is 136 Å². The van der Waals surface area contributed by atoms with Gasteiger partial charge in [0, 0.05) is 40.7 Å². The van der Waals surface area contributed by atoms with Crippen LogP contribution in [0.4, 0.5) is 22.7 Å². The van der Waals surface area contributed by atoms with E-state index >= 15 is 0 Å². The zero-order valence-corrected chi connectivity index (χ0v) is 32.9. The molecule has 0 atom stereocenters. The Morgan fingerprint density at radius 3 is 1.76 bits per heavy atom. The maximum Gasteiger partial charge on any atom is 0.137 e. The number of nitrogens with zero attached hydrogens (tertiary/aromatic N) is 5. The summed E-state index contributed by atoms with van der Waals surface area (Å²) >= 11 is 0. The van der Waals surface area contributed by atoms with Crippen LogP contribution in [0.25, 0.3) is 38.8 Å². The summed E-state index contributed by atoms with van der Waals surface area (Å²) < 4.78 is 2.34. The standard InChI is InChI=1S/C53H43N5/c1-53(2,3)41-27-32-55-50(35-41)58-46-22-11-10-21-44(46)45-26-25-40(34-49(45)58)52(51(37-15-6-4-7-16-37)38-17-8-5-9-18-38)39-19-14-20-43(33-39)57-36-56(42-28-30-54-31-29-42)47-23-12-13-24-48(47)57/h4-35H,36H2,1-3H3. The van der Waals surface area contributed by atoms with E-state index in [1.54, 1.807) is 0 Å². The minimum atomic E-state index is -0.0198. The van der Waals surface area contributed by atoms with E-state index in [-0.39, 0.29) is 5.41 Å². The lowest BCUT2D eigenvalue weighted by Gasteiger charge is -2.24. The Morgan fingerprint density at radius 1 is 0.466 bits per heavy atom. The number of aromatic nitrogens is 3. The Labute approximate surface area is 339 Å². The number of anilines is 4. The van der Waals surface area contributed by atoms with Crippen molar-refractivity contribution in [1.29, 1.82) is 0 Å². The molecule has 1 aliphatic rings. The molecule has 58 heavy (non-hydrogen) atoms. The monoisotopic (exact) mass is 749 g/mol. The highest BCUT2D eigenvalue weighted by atomic mass is 15.4. The van der Waals surface area contributed by atoms with Crippen LogP contribution in [0.15, 0.2) is 195 Å². The molecule has 0 N–H and O–H groups in total. The molecule has 0 amide bonds. The third kappa shape index (κ3) is 6.22. The molecule has 5 nitrogen and oxygen atoms in total. The third-order valence-corrected chi connectivity index (χ3v) is 11.3. The first kappa shape index (κ1) is 35.2. The number of para-hydroxylation sites is 3. The van der Waals surface area contributed by atoms with Crippen molar-refractivity contribution in [3.63, 3.8) is 0 Å². The van der Waals surface area contributed by atoms with Gasteiger partial charge in [0.15, 0.2) is 0 Å². The van der Waals surface area contributed by atoms with Crippen molar-refractivity contribution >= 4 is 55.7 Å². The summed E-state index contributed by atoms with van der Waals surface area (Å²) in [7, 11) is 0. The number of hydrogen-bond donors (Lipinski definition) is 0. The van der Waals surface area contributed by atoms with Gasteiger partial charge < -0.3 is 9.80 Å². The topological polar surface area (TPSA) is 37.2 Å². The first-order chi connectivity index (χ1) is 28.4. The summed E-state index contributed by atoms with van der Waals surface area (Å²) in [5.74, 6) is 0.918. The normalized spacial score (nSPS) is 12.6. The molecule has 0 radical (unpaired) electrons. The maximum absolute atomic E-state index is 5.00. The predicted octanol–water partition coefficient (Wildman–Crippen LogP) is 13.1. The van der Waals surface area contributed by atoms with Crippen molar-refractivity contribution in [2.45, 2.75) is 26.2 Å². The van der Waals surface area contributed by atoms with E-state index in [0.717, 1.165) is 56.1 Å². The van der Waals surface area contributed by atoms with E-state index in [9.17, 15) is 0 Å². The van der Waals surface area contributed by atoms with E-state index in [2.05, 4.69) is 216 Å². The largest absolute Gasteiger partial charge is 0.321 e. The second-order valence-corrected chi connectivity index (χ2v) is 16.0. The molecular weight excluding hydrogens is 707 g/mol. The van der Waals surface area contributed by atoms with Crippen molar-refractivity contribution in [3.8, 4) is 5.82 Å². The van der Waals surface area contributed by atoms with E-state index in [4.69, 9.17) is 4.98 Å². The van der Waals surface area contributed by atoms with Crippen molar-refractivity contribution < 1.29 is 0 Å². The molecule has 4 heterocycles. The number of rotatable bonds is 7. The SMILES string of the molecule is CC(C)(C)c1ccnc(-n2c3ccccc3c3ccc(C(=C(c4ccccc4)c4ccccc4)c4cccc(N5CN(c6ccncc6)c6ccccc65)c4)cc32)c1. The number of pyridine rings is 2. The lowest BCUT2D eigenvalue weighted by molar-refractivity contribution is 0.588. The fraction of sp³-hybridized carbons (Fsp3) is 0.0943. The predicted molar refractivity (Wildman–Crippen MR) is 241 cm³/mol. The van der Waals surface area contributed by atoms with Crippen LogP contribution in [-0.2, 0) is 5.41 Å². The van der Waals surface area contributed by atoms with Gasteiger partial charge in [0.05, 0.1) is 22.4 Å². The van der Waals surface area contributed by atoms with Gasteiger partial charge in [0.2, 0.25) is 0 Å². The molecule has 0 unspecified atom stereocenters. The zero-order valence-electron chi connectivity index (χ0n) is 32.9. The van der Waals surface area contributed by atoms with E-state index in [1.807, 2.05) is 18.6 Å². The van der Waals surface area contributed by atoms with Gasteiger partial charge in [0.25, 0.3) is 0 Å². The van der Waals surface area contributed by atoms with E-state index in [0.29, 0.717) is 6.67 Å². The molecule has 10 rings (SSSR count). The molecule has 280 valence electrons. The van der Waals surface area contributed by atoms with Crippen LogP contribution in [0, 0.1) is 0 Å².